The van der Waals surface area contributed by atoms with E-state index in [1.54, 1.807) is 29.2 Å². The van der Waals surface area contributed by atoms with Crippen LogP contribution in [0.3, 0.4) is 0 Å². The molecule has 4 aromatic rings. The number of carbonyl (C=O) groups is 1. The number of amidine groups is 1. The standard InChI is InChI=1S/C29H19Br2FN2O2S/c30-21-15-20(27(24(31)17-21)36-18-19-9-7-8-14-25(19)32)16-26-28(35)34(23-12-5-2-6-13-23)29(37-26)33-22-10-3-1-4-11-22/h1-17H,18H2/b26-16+,33-29?. The highest BCUT2D eigenvalue weighted by Gasteiger charge is 2.35. The fourth-order valence-corrected chi connectivity index (χ4v) is 6.08. The quantitative estimate of drug-likeness (QED) is 0.199. The Morgan fingerprint density at radius 3 is 2.32 bits per heavy atom. The summed E-state index contributed by atoms with van der Waals surface area (Å²) in [5.74, 6) is -0.0217. The molecular formula is C29H19Br2FN2O2S. The van der Waals surface area contributed by atoms with Crippen molar-refractivity contribution in [1.29, 1.82) is 0 Å². The number of anilines is 1. The molecule has 1 heterocycles. The SMILES string of the molecule is O=C1/C(=C\c2cc(Br)cc(Br)c2OCc2ccccc2F)SC(=Nc2ccccc2)N1c1ccccc1. The molecule has 8 heteroatoms. The maximum absolute atomic E-state index is 14.2. The van der Waals surface area contributed by atoms with E-state index >= 15 is 0 Å². The minimum atomic E-state index is -0.336. The Balaban J connectivity index is 1.53. The fraction of sp³-hybridized carbons (Fsp3) is 0.0345. The monoisotopic (exact) mass is 636 g/mol. The minimum absolute atomic E-state index is 0.0427. The van der Waals surface area contributed by atoms with Crippen molar-refractivity contribution in [3.63, 3.8) is 0 Å². The predicted octanol–water partition coefficient (Wildman–Crippen LogP) is 8.74. The van der Waals surface area contributed by atoms with Gasteiger partial charge in [0.15, 0.2) is 5.17 Å². The molecular weight excluding hydrogens is 619 g/mol. The van der Waals surface area contributed by atoms with Crippen LogP contribution >= 0.6 is 43.6 Å². The number of halogens is 3. The van der Waals surface area contributed by atoms with Gasteiger partial charge in [0.05, 0.1) is 20.8 Å². The van der Waals surface area contributed by atoms with Crippen LogP contribution in [0.25, 0.3) is 6.08 Å². The third kappa shape index (κ3) is 5.87. The van der Waals surface area contributed by atoms with Gasteiger partial charge in [-0.1, -0.05) is 70.5 Å². The summed E-state index contributed by atoms with van der Waals surface area (Å²) in [6.45, 7) is 0.0427. The topological polar surface area (TPSA) is 41.9 Å². The summed E-state index contributed by atoms with van der Waals surface area (Å²) in [5, 5.41) is 0.552. The fourth-order valence-electron chi connectivity index (χ4n) is 3.71. The number of aliphatic imine (C=N–C) groups is 1. The Bertz CT molecular complexity index is 1510. The lowest BCUT2D eigenvalue weighted by atomic mass is 10.1. The van der Waals surface area contributed by atoms with E-state index < -0.39 is 0 Å². The van der Waals surface area contributed by atoms with Gasteiger partial charge in [0.2, 0.25) is 0 Å². The van der Waals surface area contributed by atoms with E-state index in [0.717, 1.165) is 15.8 Å². The van der Waals surface area contributed by atoms with Gasteiger partial charge in [0, 0.05) is 15.6 Å². The molecule has 0 spiro atoms. The molecule has 0 N–H and O–H groups in total. The van der Waals surface area contributed by atoms with Crippen molar-refractivity contribution in [2.45, 2.75) is 6.61 Å². The Labute approximate surface area is 235 Å². The molecule has 37 heavy (non-hydrogen) atoms. The van der Waals surface area contributed by atoms with Gasteiger partial charge in [0.25, 0.3) is 5.91 Å². The van der Waals surface area contributed by atoms with Crippen LogP contribution in [0.15, 0.2) is 116 Å². The number of benzene rings is 4. The molecule has 4 aromatic carbocycles. The number of hydrogen-bond acceptors (Lipinski definition) is 4. The number of para-hydroxylation sites is 2. The molecule has 0 aliphatic carbocycles. The summed E-state index contributed by atoms with van der Waals surface area (Å²) < 4.78 is 21.7. The third-order valence-electron chi connectivity index (χ3n) is 5.46. The summed E-state index contributed by atoms with van der Waals surface area (Å²) in [6, 6.07) is 29.1. The molecule has 1 saturated heterocycles. The van der Waals surface area contributed by atoms with Crippen molar-refractivity contribution in [3.05, 3.63) is 128 Å². The van der Waals surface area contributed by atoms with Gasteiger partial charge in [-0.15, -0.1) is 0 Å². The van der Waals surface area contributed by atoms with Crippen molar-refractivity contribution < 1.29 is 13.9 Å². The van der Waals surface area contributed by atoms with E-state index in [4.69, 9.17) is 9.73 Å². The van der Waals surface area contributed by atoms with E-state index in [-0.39, 0.29) is 18.3 Å². The molecule has 0 unspecified atom stereocenters. The lowest BCUT2D eigenvalue weighted by molar-refractivity contribution is -0.113. The van der Waals surface area contributed by atoms with Crippen molar-refractivity contribution in [1.82, 2.24) is 0 Å². The van der Waals surface area contributed by atoms with Crippen LogP contribution < -0.4 is 9.64 Å². The van der Waals surface area contributed by atoms with Crippen molar-refractivity contribution in [2.75, 3.05) is 4.90 Å². The second-order valence-electron chi connectivity index (χ2n) is 8.00. The second kappa shape index (κ2) is 11.5. The zero-order valence-electron chi connectivity index (χ0n) is 19.3. The van der Waals surface area contributed by atoms with Crippen LogP contribution in [-0.4, -0.2) is 11.1 Å². The largest absolute Gasteiger partial charge is 0.487 e. The summed E-state index contributed by atoms with van der Waals surface area (Å²) in [4.78, 5) is 20.5. The maximum Gasteiger partial charge on any atom is 0.271 e. The Kier molecular flexibility index (Phi) is 7.88. The van der Waals surface area contributed by atoms with Gasteiger partial charge in [-0.3, -0.25) is 9.69 Å². The molecule has 0 aromatic heterocycles. The van der Waals surface area contributed by atoms with Crippen molar-refractivity contribution in [2.24, 2.45) is 4.99 Å². The molecule has 5 rings (SSSR count). The van der Waals surface area contributed by atoms with Gasteiger partial charge in [-0.25, -0.2) is 9.38 Å². The van der Waals surface area contributed by atoms with Gasteiger partial charge in [0.1, 0.15) is 18.2 Å². The lowest BCUT2D eigenvalue weighted by Gasteiger charge is -2.15. The van der Waals surface area contributed by atoms with Crippen LogP contribution in [0.2, 0.25) is 0 Å². The third-order valence-corrected chi connectivity index (χ3v) is 7.47. The van der Waals surface area contributed by atoms with E-state index in [1.807, 2.05) is 72.8 Å². The molecule has 0 radical (unpaired) electrons. The van der Waals surface area contributed by atoms with Gasteiger partial charge in [-0.05, 0) is 76.2 Å². The molecule has 4 nitrogen and oxygen atoms in total. The highest BCUT2D eigenvalue weighted by Crippen LogP contribution is 2.40. The van der Waals surface area contributed by atoms with Gasteiger partial charge in [-0.2, -0.15) is 0 Å². The molecule has 1 amide bonds. The smallest absolute Gasteiger partial charge is 0.271 e. The first-order valence-corrected chi connectivity index (χ1v) is 13.7. The second-order valence-corrected chi connectivity index (χ2v) is 10.8. The van der Waals surface area contributed by atoms with Crippen LogP contribution in [0.4, 0.5) is 15.8 Å². The zero-order chi connectivity index (χ0) is 25.8. The van der Waals surface area contributed by atoms with Crippen LogP contribution in [-0.2, 0) is 11.4 Å². The van der Waals surface area contributed by atoms with Crippen LogP contribution in [0.1, 0.15) is 11.1 Å². The number of rotatable bonds is 6. The number of amides is 1. The van der Waals surface area contributed by atoms with Gasteiger partial charge < -0.3 is 4.74 Å². The van der Waals surface area contributed by atoms with Crippen molar-refractivity contribution >= 4 is 72.1 Å². The number of ether oxygens (including phenoxy) is 1. The minimum Gasteiger partial charge on any atom is -0.487 e. The summed E-state index contributed by atoms with van der Waals surface area (Å²) in [5.41, 5.74) is 2.58. The summed E-state index contributed by atoms with van der Waals surface area (Å²) >= 11 is 8.37. The maximum atomic E-state index is 14.2. The number of carbonyl (C=O) groups excluding carboxylic acids is 1. The summed E-state index contributed by atoms with van der Waals surface area (Å²) in [6.07, 6.45) is 1.78. The predicted molar refractivity (Wildman–Crippen MR) is 156 cm³/mol. The average molecular weight is 638 g/mol. The number of hydrogen-bond donors (Lipinski definition) is 0. The van der Waals surface area contributed by atoms with Crippen LogP contribution in [0.5, 0.6) is 5.75 Å². The zero-order valence-corrected chi connectivity index (χ0v) is 23.3. The van der Waals surface area contributed by atoms with E-state index in [2.05, 4.69) is 31.9 Å². The molecule has 1 aliphatic rings. The van der Waals surface area contributed by atoms with Gasteiger partial charge >= 0.3 is 0 Å². The Hall–Kier alpha value is -3.20. The van der Waals surface area contributed by atoms with E-state index in [0.29, 0.717) is 31.4 Å². The number of nitrogens with zero attached hydrogens (tertiary/aromatic N) is 2. The normalized spacial score (nSPS) is 15.5. The van der Waals surface area contributed by atoms with E-state index in [9.17, 15) is 9.18 Å². The molecule has 1 aliphatic heterocycles. The highest BCUT2D eigenvalue weighted by molar-refractivity contribution is 9.11. The molecule has 1 fully saturated rings. The lowest BCUT2D eigenvalue weighted by Crippen LogP contribution is -2.28. The van der Waals surface area contributed by atoms with Crippen molar-refractivity contribution in [3.8, 4) is 5.75 Å². The number of thioether (sulfide) groups is 1. The Morgan fingerprint density at radius 1 is 0.919 bits per heavy atom. The first kappa shape index (κ1) is 25.4. The van der Waals surface area contributed by atoms with Crippen LogP contribution in [0, 0.1) is 5.82 Å². The molecule has 0 saturated carbocycles. The summed E-state index contributed by atoms with van der Waals surface area (Å²) in [7, 11) is 0. The van der Waals surface area contributed by atoms with E-state index in [1.165, 1.54) is 17.8 Å². The molecule has 0 atom stereocenters. The highest BCUT2D eigenvalue weighted by atomic mass is 79.9. The molecule has 184 valence electrons. The Morgan fingerprint density at radius 2 is 1.59 bits per heavy atom. The molecule has 0 bridgehead atoms. The first-order valence-electron chi connectivity index (χ1n) is 11.3. The average Bonchev–Trinajstić information content (AvgIpc) is 3.19. The first-order chi connectivity index (χ1) is 18.0.